The maximum absolute atomic E-state index is 14.5. The number of rotatable bonds is 14. The number of ether oxygens (including phenoxy) is 1. The number of aliphatic hydroxyl groups excluding tert-OH is 8. The van der Waals surface area contributed by atoms with E-state index in [0.717, 1.165) is 25.1 Å². The van der Waals surface area contributed by atoms with Gasteiger partial charge >= 0.3 is 6.09 Å². The number of hydrogen-bond donors (Lipinski definition) is 16. The number of primary amides is 1. The predicted molar refractivity (Wildman–Crippen MR) is 245 cm³/mol. The SMILES string of the molecule is CC(O)C1NC(=O)C(NC(=O)OCc2ccccc2)CC(O)C(O)NC(=O)C2C(O)C(C)CN2C(=O)C(C(O)CC(N)=O)NC(=O)C(C(O)C(O)c2ccc(O)c(OSOOO)c2)NC(=O)C2CC(O)CN2C1=O. The van der Waals surface area contributed by atoms with Gasteiger partial charge in [0.25, 0.3) is 12.3 Å². The first-order valence-electron chi connectivity index (χ1n) is 22.6. The number of amides is 8. The second-order valence-corrected chi connectivity index (χ2v) is 18.1. The van der Waals surface area contributed by atoms with Crippen molar-refractivity contribution in [2.75, 3.05) is 13.1 Å². The Morgan fingerprint density at radius 2 is 1.47 bits per heavy atom. The lowest BCUT2D eigenvalue weighted by Gasteiger charge is -2.34. The van der Waals surface area contributed by atoms with E-state index in [4.69, 9.17) is 19.9 Å². The number of nitrogens with two attached hydrogens (primary N) is 1. The third kappa shape index (κ3) is 14.6. The van der Waals surface area contributed by atoms with E-state index in [1.54, 1.807) is 30.3 Å². The normalized spacial score (nSPS) is 29.2. The minimum absolute atomic E-state index is 0.0358. The summed E-state index contributed by atoms with van der Waals surface area (Å²) in [5, 5.41) is 123. The second kappa shape index (κ2) is 26.1. The molecule has 15 atom stereocenters. The number of nitrogens with zero attached hydrogens (tertiary/aromatic N) is 2. The zero-order valence-corrected chi connectivity index (χ0v) is 40.1. The summed E-state index contributed by atoms with van der Waals surface area (Å²) >= 11 is -0.0358. The molecule has 74 heavy (non-hydrogen) atoms. The Morgan fingerprint density at radius 1 is 0.824 bits per heavy atom. The molecule has 31 heteroatoms. The Morgan fingerprint density at radius 3 is 2.12 bits per heavy atom. The molecule has 3 heterocycles. The van der Waals surface area contributed by atoms with Crippen molar-refractivity contribution in [2.45, 2.75) is 125 Å². The van der Waals surface area contributed by atoms with Gasteiger partial charge in [0.05, 0.1) is 30.8 Å². The molecule has 3 aliphatic heterocycles. The van der Waals surface area contributed by atoms with Gasteiger partial charge < -0.3 is 97.0 Å². The van der Waals surface area contributed by atoms with E-state index in [-0.39, 0.29) is 24.5 Å². The second-order valence-electron chi connectivity index (χ2n) is 17.7. The Hall–Kier alpha value is -6.49. The number of nitrogens with one attached hydrogen (secondary N) is 5. The third-order valence-corrected chi connectivity index (χ3v) is 12.6. The van der Waals surface area contributed by atoms with Crippen LogP contribution in [0.1, 0.15) is 50.3 Å². The van der Waals surface area contributed by atoms with Gasteiger partial charge in [-0.1, -0.05) is 52.7 Å². The van der Waals surface area contributed by atoms with Crippen molar-refractivity contribution in [1.82, 2.24) is 36.4 Å². The number of alkyl carbamates (subject to hydrolysis) is 1. The van der Waals surface area contributed by atoms with E-state index in [1.165, 1.54) is 6.92 Å². The van der Waals surface area contributed by atoms with Crippen LogP contribution in [0.4, 0.5) is 4.79 Å². The summed E-state index contributed by atoms with van der Waals surface area (Å²) in [7, 11) is 0. The van der Waals surface area contributed by atoms with E-state index in [9.17, 15) is 84.3 Å². The van der Waals surface area contributed by atoms with Crippen LogP contribution in [0.5, 0.6) is 11.5 Å². The number of hydrogen-bond acceptors (Lipinski definition) is 23. The fourth-order valence-electron chi connectivity index (χ4n) is 8.36. The highest BCUT2D eigenvalue weighted by atomic mass is 32.2. The molecule has 5 rings (SSSR count). The third-order valence-electron chi connectivity index (χ3n) is 12.3. The number of phenolic OH excluding ortho intramolecular Hbond substituents is 1. The number of carbonyl (C=O) groups excluding carboxylic acids is 8. The molecule has 2 aromatic rings. The lowest BCUT2D eigenvalue weighted by Crippen LogP contribution is -2.64. The molecule has 0 aromatic heterocycles. The minimum Gasteiger partial charge on any atom is -0.504 e. The average molecular weight is 1070 g/mol. The fraction of sp³-hybridized carbons (Fsp3) is 0.535. The van der Waals surface area contributed by atoms with Gasteiger partial charge in [-0.2, -0.15) is 0 Å². The number of carbonyl (C=O) groups is 8. The Labute approximate surface area is 423 Å². The molecule has 0 aliphatic carbocycles. The molecule has 3 aliphatic rings. The van der Waals surface area contributed by atoms with Crippen LogP contribution in [0.3, 0.4) is 0 Å². The summed E-state index contributed by atoms with van der Waals surface area (Å²) in [5.74, 6) is -11.7. The highest BCUT2D eigenvalue weighted by Crippen LogP contribution is 2.34. The van der Waals surface area contributed by atoms with Crippen LogP contribution in [0.25, 0.3) is 0 Å². The maximum atomic E-state index is 14.5. The monoisotopic (exact) mass is 1070 g/mol. The first-order chi connectivity index (χ1) is 34.9. The van der Waals surface area contributed by atoms with Crippen molar-refractivity contribution in [3.8, 4) is 11.5 Å². The van der Waals surface area contributed by atoms with Crippen LogP contribution < -0.4 is 36.5 Å². The highest BCUT2D eigenvalue weighted by molar-refractivity contribution is 7.90. The smallest absolute Gasteiger partial charge is 0.408 e. The van der Waals surface area contributed by atoms with Crippen molar-refractivity contribution < 1.29 is 108 Å². The highest BCUT2D eigenvalue weighted by Gasteiger charge is 2.50. The van der Waals surface area contributed by atoms with Crippen LogP contribution in [0.15, 0.2) is 48.5 Å². The average Bonchev–Trinajstić information content (AvgIpc) is 3.90. The quantitative estimate of drug-likeness (QED) is 0.0362. The molecule has 3 saturated heterocycles. The Bertz CT molecular complexity index is 2340. The molecule has 0 saturated carbocycles. The summed E-state index contributed by atoms with van der Waals surface area (Å²) in [6.45, 7) is 0.871. The van der Waals surface area contributed by atoms with Crippen molar-refractivity contribution in [3.05, 3.63) is 59.7 Å². The number of aromatic hydroxyl groups is 1. The molecule has 408 valence electrons. The number of fused-ring (bicyclic) bond motifs is 2. The Balaban J connectivity index is 1.60. The predicted octanol–water partition coefficient (Wildman–Crippen LogP) is -6.12. The lowest BCUT2D eigenvalue weighted by molar-refractivity contribution is -0.433. The van der Waals surface area contributed by atoms with E-state index in [0.29, 0.717) is 15.4 Å². The molecule has 2 aromatic carbocycles. The molecular formula is C43H58N8O22S. The van der Waals surface area contributed by atoms with Crippen LogP contribution in [-0.2, 0) is 54.3 Å². The van der Waals surface area contributed by atoms with E-state index in [1.807, 2.05) is 5.32 Å². The zero-order chi connectivity index (χ0) is 54.7. The molecule has 3 fully saturated rings. The topological polar surface area (TPSA) is 468 Å². The lowest BCUT2D eigenvalue weighted by atomic mass is 9.96. The van der Waals surface area contributed by atoms with Crippen molar-refractivity contribution in [1.29, 1.82) is 0 Å². The molecule has 30 nitrogen and oxygen atoms in total. The van der Waals surface area contributed by atoms with Crippen LogP contribution in [0, 0.1) is 5.92 Å². The molecule has 0 spiro atoms. The number of benzene rings is 2. The van der Waals surface area contributed by atoms with Crippen molar-refractivity contribution in [3.63, 3.8) is 0 Å². The minimum atomic E-state index is -2.55. The van der Waals surface area contributed by atoms with Gasteiger partial charge in [-0.3, -0.25) is 33.6 Å². The molecular weight excluding hydrogens is 1010 g/mol. The summed E-state index contributed by atoms with van der Waals surface area (Å²) < 4.78 is 14.3. The number of aliphatic hydroxyl groups is 8. The molecule has 17 N–H and O–H groups in total. The first kappa shape index (κ1) is 58.4. The summed E-state index contributed by atoms with van der Waals surface area (Å²) in [6.07, 6.45) is -20.8. The van der Waals surface area contributed by atoms with Gasteiger partial charge in [-0.05, 0) is 30.2 Å². The molecule has 15 unspecified atom stereocenters. The van der Waals surface area contributed by atoms with Gasteiger partial charge in [-0.25, -0.2) is 10.1 Å². The first-order valence-corrected chi connectivity index (χ1v) is 23.3. The largest absolute Gasteiger partial charge is 0.504 e. The van der Waals surface area contributed by atoms with Crippen molar-refractivity contribution >= 4 is 59.8 Å². The van der Waals surface area contributed by atoms with Crippen molar-refractivity contribution in [2.24, 2.45) is 11.7 Å². The van der Waals surface area contributed by atoms with Crippen LogP contribution >= 0.6 is 12.3 Å². The molecule has 0 bridgehead atoms. The van der Waals surface area contributed by atoms with Gasteiger partial charge in [0.2, 0.25) is 41.4 Å². The summed E-state index contributed by atoms with van der Waals surface area (Å²) in [4.78, 5) is 112. The molecule has 8 amide bonds. The van der Waals surface area contributed by atoms with Gasteiger partial charge in [0, 0.05) is 31.8 Å². The fourth-order valence-corrected chi connectivity index (χ4v) is 8.62. The van der Waals surface area contributed by atoms with Gasteiger partial charge in [-0.15, -0.1) is 0 Å². The van der Waals surface area contributed by atoms with Crippen LogP contribution in [-0.4, -0.2) is 201 Å². The molecule has 0 radical (unpaired) electrons. The summed E-state index contributed by atoms with van der Waals surface area (Å²) in [5.41, 5.74) is 5.46. The van der Waals surface area contributed by atoms with E-state index >= 15 is 0 Å². The Kier molecular flexibility index (Phi) is 20.6. The zero-order valence-electron chi connectivity index (χ0n) is 39.3. The van der Waals surface area contributed by atoms with E-state index < -0.39 is 182 Å². The van der Waals surface area contributed by atoms with E-state index in [2.05, 4.69) is 30.6 Å². The number of phenols is 1. The maximum Gasteiger partial charge on any atom is 0.408 e. The van der Waals surface area contributed by atoms with Gasteiger partial charge in [0.15, 0.2) is 17.7 Å². The summed E-state index contributed by atoms with van der Waals surface area (Å²) in [6, 6.07) is -1.72. The van der Waals surface area contributed by atoms with Gasteiger partial charge in [0.1, 0.15) is 61.2 Å². The standard InChI is InChI=1S/C43H58N8O22S/c1-17-14-51-32(33(17)58)40(65)49-38(63)26(56)12-22(45-43(68)70-16-19-6-4-3-5-7-19)36(61)46-29(18(2)52)41(66)50-15-21(53)11-23(50)37(62)48-31(39(64)47-30(42(51)67)25(55)13-28(44)57)35(60)34(59)20-8-9-24(54)27(10-20)71-74-73-72-69/h3-10,17-18,21-23,25-26,29-35,38,52-56,58-60,63,69H,11-16H2,1-2H3,(H2,44,57)(H,45,68)(H,46,61)(H,47,64)(H,48,62)(H,49,65). The van der Waals surface area contributed by atoms with Crippen LogP contribution in [0.2, 0.25) is 0 Å².